The number of ether oxygens (including phenoxy) is 1. The molecular weight excluding hydrogens is 338 g/mol. The molecule has 0 aromatic carbocycles. The van der Waals surface area contributed by atoms with Gasteiger partial charge in [-0.1, -0.05) is 6.42 Å². The van der Waals surface area contributed by atoms with Crippen LogP contribution in [0.5, 0.6) is 0 Å². The van der Waals surface area contributed by atoms with Crippen LogP contribution in [0.15, 0.2) is 16.5 Å². The van der Waals surface area contributed by atoms with Crippen molar-refractivity contribution in [2.24, 2.45) is 0 Å². The number of thiophene rings is 1. The summed E-state index contributed by atoms with van der Waals surface area (Å²) in [6.07, 6.45) is 4.91. The van der Waals surface area contributed by atoms with Crippen LogP contribution in [-0.2, 0) is 17.6 Å². The zero-order chi connectivity index (χ0) is 18.0. The topological polar surface area (TPSA) is 68.5 Å². The predicted octanol–water partition coefficient (Wildman–Crippen LogP) is 4.74. The van der Waals surface area contributed by atoms with Gasteiger partial charge in [0, 0.05) is 4.88 Å². The number of fused-ring (bicyclic) bond motifs is 1. The van der Waals surface area contributed by atoms with Gasteiger partial charge >= 0.3 is 5.97 Å². The minimum atomic E-state index is -0.361. The van der Waals surface area contributed by atoms with Crippen molar-refractivity contribution in [3.8, 4) is 0 Å². The number of esters is 1. The molecule has 1 N–H and O–H groups in total. The molecule has 0 atom stereocenters. The lowest BCUT2D eigenvalue weighted by atomic mass is 10.1. The first-order chi connectivity index (χ1) is 12.0. The van der Waals surface area contributed by atoms with Crippen molar-refractivity contribution in [2.75, 3.05) is 5.32 Å². The summed E-state index contributed by atoms with van der Waals surface area (Å²) in [4.78, 5) is 26.3. The summed E-state index contributed by atoms with van der Waals surface area (Å²) in [7, 11) is 0. The largest absolute Gasteiger partial charge is 0.459 e. The molecule has 2 aromatic rings. The molecule has 2 aromatic heterocycles. The number of carbonyl (C=O) groups excluding carboxylic acids is 2. The molecule has 5 nitrogen and oxygen atoms in total. The summed E-state index contributed by atoms with van der Waals surface area (Å²) in [5.74, 6) is 0.208. The number of aryl methyl sites for hydroxylation is 2. The number of rotatable bonds is 4. The van der Waals surface area contributed by atoms with Crippen molar-refractivity contribution in [1.29, 1.82) is 0 Å². The molecule has 0 radical (unpaired) electrons. The van der Waals surface area contributed by atoms with Crippen LogP contribution in [0.2, 0.25) is 0 Å². The Hall–Kier alpha value is -2.08. The number of hydrogen-bond acceptors (Lipinski definition) is 5. The SMILES string of the molecule is Cc1ccc(C(=O)Nc2sc3c(c2C(=O)OC(C)C)CCCCC3)o1. The molecular formula is C19H23NO4S. The van der Waals surface area contributed by atoms with Gasteiger partial charge < -0.3 is 14.5 Å². The van der Waals surface area contributed by atoms with Gasteiger partial charge in [0.05, 0.1) is 11.7 Å². The number of amides is 1. The van der Waals surface area contributed by atoms with Gasteiger partial charge in [-0.3, -0.25) is 4.79 Å². The first-order valence-electron chi connectivity index (χ1n) is 8.69. The van der Waals surface area contributed by atoms with Gasteiger partial charge in [0.1, 0.15) is 10.8 Å². The van der Waals surface area contributed by atoms with Gasteiger partial charge in [0.25, 0.3) is 5.91 Å². The lowest BCUT2D eigenvalue weighted by molar-refractivity contribution is 0.0378. The van der Waals surface area contributed by atoms with Crippen LogP contribution in [0.3, 0.4) is 0 Å². The molecule has 1 aliphatic rings. The van der Waals surface area contributed by atoms with Gasteiger partial charge in [-0.05, 0) is 64.2 Å². The molecule has 25 heavy (non-hydrogen) atoms. The number of nitrogens with one attached hydrogen (secondary N) is 1. The highest BCUT2D eigenvalue weighted by Crippen LogP contribution is 2.38. The predicted molar refractivity (Wildman–Crippen MR) is 97.5 cm³/mol. The molecule has 1 amide bonds. The van der Waals surface area contributed by atoms with Crippen molar-refractivity contribution >= 4 is 28.2 Å². The lowest BCUT2D eigenvalue weighted by Crippen LogP contribution is -2.17. The summed E-state index contributed by atoms with van der Waals surface area (Å²) in [5, 5.41) is 3.42. The Balaban J connectivity index is 1.94. The molecule has 2 heterocycles. The van der Waals surface area contributed by atoms with Crippen molar-refractivity contribution < 1.29 is 18.7 Å². The van der Waals surface area contributed by atoms with Crippen LogP contribution in [0.1, 0.15) is 70.2 Å². The molecule has 0 saturated heterocycles. The van der Waals surface area contributed by atoms with E-state index < -0.39 is 0 Å². The van der Waals surface area contributed by atoms with Crippen LogP contribution in [0.4, 0.5) is 5.00 Å². The third-order valence-corrected chi connectivity index (χ3v) is 5.37. The number of furan rings is 1. The fourth-order valence-corrected chi connectivity index (χ4v) is 4.31. The van der Waals surface area contributed by atoms with E-state index in [4.69, 9.17) is 9.15 Å². The molecule has 0 aliphatic heterocycles. The second kappa shape index (κ2) is 7.44. The first kappa shape index (κ1) is 17.7. The highest BCUT2D eigenvalue weighted by atomic mass is 32.1. The average Bonchev–Trinajstić information content (AvgIpc) is 3.04. The zero-order valence-corrected chi connectivity index (χ0v) is 15.6. The normalized spacial score (nSPS) is 14.1. The smallest absolute Gasteiger partial charge is 0.341 e. The van der Waals surface area contributed by atoms with E-state index in [9.17, 15) is 9.59 Å². The van der Waals surface area contributed by atoms with Gasteiger partial charge in [-0.2, -0.15) is 0 Å². The van der Waals surface area contributed by atoms with Gasteiger partial charge in [0.2, 0.25) is 0 Å². The molecule has 3 rings (SSSR count). The van der Waals surface area contributed by atoms with Crippen LogP contribution in [-0.4, -0.2) is 18.0 Å². The number of carbonyl (C=O) groups is 2. The molecule has 134 valence electrons. The molecule has 0 unspecified atom stereocenters. The molecule has 0 spiro atoms. The van der Waals surface area contributed by atoms with Gasteiger partial charge in [-0.25, -0.2) is 4.79 Å². The van der Waals surface area contributed by atoms with Crippen LogP contribution in [0, 0.1) is 6.92 Å². The Morgan fingerprint density at radius 2 is 1.96 bits per heavy atom. The van der Waals surface area contributed by atoms with Crippen molar-refractivity contribution in [1.82, 2.24) is 0 Å². The van der Waals surface area contributed by atoms with E-state index in [0.29, 0.717) is 16.3 Å². The minimum Gasteiger partial charge on any atom is -0.459 e. The van der Waals surface area contributed by atoms with Crippen LogP contribution >= 0.6 is 11.3 Å². The van der Waals surface area contributed by atoms with E-state index in [2.05, 4.69) is 5.32 Å². The maximum absolute atomic E-state index is 12.7. The summed E-state index contributed by atoms with van der Waals surface area (Å²) < 4.78 is 10.8. The van der Waals surface area contributed by atoms with E-state index >= 15 is 0 Å². The highest BCUT2D eigenvalue weighted by Gasteiger charge is 2.27. The quantitative estimate of drug-likeness (QED) is 0.631. The summed E-state index contributed by atoms with van der Waals surface area (Å²) in [6, 6.07) is 3.38. The number of hydrogen-bond donors (Lipinski definition) is 1. The first-order valence-corrected chi connectivity index (χ1v) is 9.50. The Labute approximate surface area is 151 Å². The Kier molecular flexibility index (Phi) is 5.27. The summed E-state index contributed by atoms with van der Waals surface area (Å²) in [5.41, 5.74) is 1.56. The molecule has 0 fully saturated rings. The maximum atomic E-state index is 12.7. The average molecular weight is 361 g/mol. The van der Waals surface area contributed by atoms with Crippen LogP contribution < -0.4 is 5.32 Å². The second-order valence-electron chi connectivity index (χ2n) is 6.59. The van der Waals surface area contributed by atoms with E-state index in [0.717, 1.165) is 37.7 Å². The Morgan fingerprint density at radius 3 is 2.64 bits per heavy atom. The summed E-state index contributed by atoms with van der Waals surface area (Å²) in [6.45, 7) is 5.44. The van der Waals surface area contributed by atoms with Gasteiger partial charge in [0.15, 0.2) is 5.76 Å². The van der Waals surface area contributed by atoms with Crippen molar-refractivity contribution in [2.45, 2.75) is 59.0 Å². The molecule has 1 aliphatic carbocycles. The zero-order valence-electron chi connectivity index (χ0n) is 14.8. The van der Waals surface area contributed by atoms with Crippen molar-refractivity contribution in [3.63, 3.8) is 0 Å². The lowest BCUT2D eigenvalue weighted by Gasteiger charge is -2.11. The van der Waals surface area contributed by atoms with Crippen LogP contribution in [0.25, 0.3) is 0 Å². The van der Waals surface area contributed by atoms with E-state index in [-0.39, 0.29) is 23.7 Å². The second-order valence-corrected chi connectivity index (χ2v) is 7.69. The molecule has 6 heteroatoms. The Bertz CT molecular complexity index is 787. The van der Waals surface area contributed by atoms with E-state index in [1.807, 2.05) is 13.8 Å². The highest BCUT2D eigenvalue weighted by molar-refractivity contribution is 7.17. The number of anilines is 1. The standard InChI is InChI=1S/C19H23NO4S/c1-11(2)23-19(22)16-13-7-5-4-6-8-15(13)25-18(16)20-17(21)14-10-9-12(3)24-14/h9-11H,4-8H2,1-3H3,(H,20,21). The van der Waals surface area contributed by atoms with Crippen molar-refractivity contribution in [3.05, 3.63) is 39.7 Å². The maximum Gasteiger partial charge on any atom is 0.341 e. The fourth-order valence-electron chi connectivity index (χ4n) is 3.04. The molecule has 0 bridgehead atoms. The minimum absolute atomic E-state index is 0.204. The van der Waals surface area contributed by atoms with E-state index in [1.54, 1.807) is 19.1 Å². The monoisotopic (exact) mass is 361 g/mol. The van der Waals surface area contributed by atoms with E-state index in [1.165, 1.54) is 16.2 Å². The summed E-state index contributed by atoms with van der Waals surface area (Å²) >= 11 is 1.49. The Morgan fingerprint density at radius 1 is 1.20 bits per heavy atom. The third-order valence-electron chi connectivity index (χ3n) is 4.16. The fraction of sp³-hybridized carbons (Fsp3) is 0.474. The third kappa shape index (κ3) is 3.95. The van der Waals surface area contributed by atoms with Gasteiger partial charge in [-0.15, -0.1) is 11.3 Å². The molecule has 0 saturated carbocycles.